The Morgan fingerprint density at radius 1 is 0.730 bits per heavy atom. The molecule has 0 bridgehead atoms. The molecule has 0 atom stereocenters. The summed E-state index contributed by atoms with van der Waals surface area (Å²) in [4.78, 5) is 12.9. The minimum absolute atomic E-state index is 0.415. The summed E-state index contributed by atoms with van der Waals surface area (Å²) in [5, 5.41) is 10.5. The Kier molecular flexibility index (Phi) is 9.41. The van der Waals surface area contributed by atoms with Crippen LogP contribution in [-0.2, 0) is 0 Å². The Bertz CT molecular complexity index is 1330. The number of unbranched alkanes of at least 4 members (excludes halogenated alkanes) is 5. The van der Waals surface area contributed by atoms with Crippen LogP contribution in [0.4, 0.5) is 11.4 Å². The van der Waals surface area contributed by atoms with Crippen LogP contribution in [0.2, 0.25) is 0 Å². The van der Waals surface area contributed by atoms with Crippen LogP contribution < -0.4 is 9.47 Å². The first-order chi connectivity index (χ1) is 18.1. The Morgan fingerprint density at radius 3 is 2.19 bits per heavy atom. The first kappa shape index (κ1) is 26.1. The SMILES string of the molecule is CCCCCCCCOc1ccc(C(=O)Oc2ccc(N=Nc3ccc(C)cc3)c3ccccc23)cc1. The quantitative estimate of drug-likeness (QED) is 0.0852. The molecule has 4 aromatic rings. The maximum absolute atomic E-state index is 12.9. The van der Waals surface area contributed by atoms with Crippen molar-refractivity contribution >= 4 is 28.1 Å². The number of hydrogen-bond acceptors (Lipinski definition) is 5. The van der Waals surface area contributed by atoms with Gasteiger partial charge in [-0.15, -0.1) is 5.11 Å². The van der Waals surface area contributed by atoms with Gasteiger partial charge in [-0.05, 0) is 61.9 Å². The molecule has 4 aromatic carbocycles. The molecule has 4 rings (SSSR count). The third-order valence-corrected chi connectivity index (χ3v) is 6.23. The van der Waals surface area contributed by atoms with E-state index in [4.69, 9.17) is 9.47 Å². The molecule has 0 radical (unpaired) electrons. The van der Waals surface area contributed by atoms with Crippen molar-refractivity contribution in [2.45, 2.75) is 52.4 Å². The molecule has 0 aliphatic heterocycles. The summed E-state index contributed by atoms with van der Waals surface area (Å²) in [5.41, 5.74) is 3.14. The predicted molar refractivity (Wildman–Crippen MR) is 150 cm³/mol. The standard InChI is InChI=1S/C32H34N2O3/c1-3-4-5-6-7-10-23-36-27-19-15-25(16-20-27)32(35)37-31-22-21-30(28-11-8-9-12-29(28)31)34-33-26-17-13-24(2)14-18-26/h8-9,11-22H,3-7,10,23H2,1-2H3. The second-order valence-corrected chi connectivity index (χ2v) is 9.19. The average Bonchev–Trinajstić information content (AvgIpc) is 2.93. The van der Waals surface area contributed by atoms with Crippen LogP contribution in [0.25, 0.3) is 10.8 Å². The second-order valence-electron chi connectivity index (χ2n) is 9.19. The van der Waals surface area contributed by atoms with Gasteiger partial charge in [0.1, 0.15) is 11.5 Å². The zero-order chi connectivity index (χ0) is 25.9. The summed E-state index contributed by atoms with van der Waals surface area (Å²) >= 11 is 0. The van der Waals surface area contributed by atoms with Crippen molar-refractivity contribution in [1.29, 1.82) is 0 Å². The van der Waals surface area contributed by atoms with Gasteiger partial charge in [-0.25, -0.2) is 4.79 Å². The van der Waals surface area contributed by atoms with E-state index in [0.717, 1.165) is 28.6 Å². The summed E-state index contributed by atoms with van der Waals surface area (Å²) in [5.74, 6) is 0.832. The Labute approximate surface area is 219 Å². The van der Waals surface area contributed by atoms with E-state index in [2.05, 4.69) is 17.2 Å². The number of aryl methyl sites for hydroxylation is 1. The first-order valence-electron chi connectivity index (χ1n) is 13.1. The fourth-order valence-electron chi connectivity index (χ4n) is 4.07. The largest absolute Gasteiger partial charge is 0.494 e. The molecule has 0 unspecified atom stereocenters. The second kappa shape index (κ2) is 13.4. The lowest BCUT2D eigenvalue weighted by Crippen LogP contribution is -2.08. The highest BCUT2D eigenvalue weighted by Crippen LogP contribution is 2.34. The topological polar surface area (TPSA) is 60.2 Å². The van der Waals surface area contributed by atoms with Crippen molar-refractivity contribution in [1.82, 2.24) is 0 Å². The van der Waals surface area contributed by atoms with Gasteiger partial charge in [-0.3, -0.25) is 0 Å². The van der Waals surface area contributed by atoms with Crippen LogP contribution in [0.3, 0.4) is 0 Å². The van der Waals surface area contributed by atoms with Gasteiger partial charge < -0.3 is 9.47 Å². The van der Waals surface area contributed by atoms with Gasteiger partial charge in [-0.2, -0.15) is 5.11 Å². The number of carbonyl (C=O) groups excluding carboxylic acids is 1. The Balaban J connectivity index is 1.39. The van der Waals surface area contributed by atoms with Crippen LogP contribution in [0.1, 0.15) is 61.4 Å². The number of benzene rings is 4. The highest BCUT2D eigenvalue weighted by atomic mass is 16.5. The van der Waals surface area contributed by atoms with Gasteiger partial charge in [0.15, 0.2) is 0 Å². The normalized spacial score (nSPS) is 11.2. The maximum Gasteiger partial charge on any atom is 0.343 e. The zero-order valence-electron chi connectivity index (χ0n) is 21.7. The Hall–Kier alpha value is -3.99. The molecule has 0 saturated heterocycles. The van der Waals surface area contributed by atoms with Crippen molar-refractivity contribution in [3.63, 3.8) is 0 Å². The molecule has 5 nitrogen and oxygen atoms in total. The lowest BCUT2D eigenvalue weighted by Gasteiger charge is -2.10. The maximum atomic E-state index is 12.9. The van der Waals surface area contributed by atoms with E-state index in [1.165, 1.54) is 37.7 Å². The minimum atomic E-state index is -0.415. The van der Waals surface area contributed by atoms with Gasteiger partial charge >= 0.3 is 5.97 Å². The number of fused-ring (bicyclic) bond motifs is 1. The molecule has 0 saturated carbocycles. The fraction of sp³-hybridized carbons (Fsp3) is 0.281. The van der Waals surface area contributed by atoms with Gasteiger partial charge in [0.05, 0.1) is 23.5 Å². The highest BCUT2D eigenvalue weighted by Gasteiger charge is 2.13. The van der Waals surface area contributed by atoms with Crippen molar-refractivity contribution < 1.29 is 14.3 Å². The van der Waals surface area contributed by atoms with Crippen LogP contribution >= 0.6 is 0 Å². The van der Waals surface area contributed by atoms with Crippen molar-refractivity contribution in [2.75, 3.05) is 6.61 Å². The van der Waals surface area contributed by atoms with Crippen LogP contribution in [0.15, 0.2) is 95.2 Å². The molecular weight excluding hydrogens is 460 g/mol. The van der Waals surface area contributed by atoms with Crippen molar-refractivity contribution in [2.24, 2.45) is 10.2 Å². The third kappa shape index (κ3) is 7.50. The number of nitrogens with zero attached hydrogens (tertiary/aromatic N) is 2. The number of esters is 1. The first-order valence-corrected chi connectivity index (χ1v) is 13.1. The van der Waals surface area contributed by atoms with Crippen molar-refractivity contribution in [3.8, 4) is 11.5 Å². The number of ether oxygens (including phenoxy) is 2. The monoisotopic (exact) mass is 494 g/mol. The van der Waals surface area contributed by atoms with E-state index < -0.39 is 5.97 Å². The molecule has 0 spiro atoms. The van der Waals surface area contributed by atoms with Crippen LogP contribution in [-0.4, -0.2) is 12.6 Å². The van der Waals surface area contributed by atoms with E-state index in [1.807, 2.05) is 73.7 Å². The number of azo groups is 1. The molecule has 0 aliphatic carbocycles. The Morgan fingerprint density at radius 2 is 1.43 bits per heavy atom. The summed E-state index contributed by atoms with van der Waals surface area (Å²) in [6, 6.07) is 26.3. The molecule has 0 aliphatic rings. The summed E-state index contributed by atoms with van der Waals surface area (Å²) in [7, 11) is 0. The summed E-state index contributed by atoms with van der Waals surface area (Å²) in [6.07, 6.45) is 7.34. The lowest BCUT2D eigenvalue weighted by atomic mass is 10.1. The smallest absolute Gasteiger partial charge is 0.343 e. The van der Waals surface area contributed by atoms with Gasteiger partial charge in [0, 0.05) is 10.8 Å². The predicted octanol–water partition coefficient (Wildman–Crippen LogP) is 9.52. The summed E-state index contributed by atoms with van der Waals surface area (Å²) < 4.78 is 11.6. The minimum Gasteiger partial charge on any atom is -0.494 e. The molecule has 0 N–H and O–H groups in total. The van der Waals surface area contributed by atoms with E-state index in [1.54, 1.807) is 18.2 Å². The van der Waals surface area contributed by atoms with Gasteiger partial charge in [0.25, 0.3) is 0 Å². The number of hydrogen-bond donors (Lipinski definition) is 0. The zero-order valence-corrected chi connectivity index (χ0v) is 21.7. The van der Waals surface area contributed by atoms with Crippen LogP contribution in [0, 0.1) is 6.92 Å². The molecule has 5 heteroatoms. The van der Waals surface area contributed by atoms with E-state index in [0.29, 0.717) is 23.6 Å². The number of rotatable bonds is 12. The lowest BCUT2D eigenvalue weighted by molar-refractivity contribution is 0.0737. The van der Waals surface area contributed by atoms with E-state index in [9.17, 15) is 4.79 Å². The van der Waals surface area contributed by atoms with Gasteiger partial charge in [-0.1, -0.05) is 81.0 Å². The molecule has 0 amide bonds. The molecular formula is C32H34N2O3. The molecule has 37 heavy (non-hydrogen) atoms. The molecule has 0 fully saturated rings. The highest BCUT2D eigenvalue weighted by molar-refractivity contribution is 5.99. The molecule has 0 aromatic heterocycles. The number of carbonyl (C=O) groups is 1. The third-order valence-electron chi connectivity index (χ3n) is 6.23. The summed E-state index contributed by atoms with van der Waals surface area (Å²) in [6.45, 7) is 4.95. The average molecular weight is 495 g/mol. The fourth-order valence-corrected chi connectivity index (χ4v) is 4.07. The van der Waals surface area contributed by atoms with E-state index in [-0.39, 0.29) is 0 Å². The van der Waals surface area contributed by atoms with Crippen molar-refractivity contribution in [3.05, 3.63) is 96.1 Å². The van der Waals surface area contributed by atoms with Crippen LogP contribution in [0.5, 0.6) is 11.5 Å². The van der Waals surface area contributed by atoms with Gasteiger partial charge in [0.2, 0.25) is 0 Å². The molecule has 0 heterocycles. The molecule has 190 valence electrons. The van der Waals surface area contributed by atoms with E-state index >= 15 is 0 Å².